The lowest BCUT2D eigenvalue weighted by atomic mass is 10.1. The van der Waals surface area contributed by atoms with E-state index in [4.69, 9.17) is 4.74 Å². The minimum Gasteiger partial charge on any atom is -0.497 e. The molecule has 3 rings (SSSR count). The molecule has 38 heavy (non-hydrogen) atoms. The second-order valence-electron chi connectivity index (χ2n) is 9.20. The average Bonchev–Trinajstić information content (AvgIpc) is 2.91. The molecule has 0 aromatic heterocycles. The largest absolute Gasteiger partial charge is 0.497 e. The van der Waals surface area contributed by atoms with Crippen LogP contribution in [-0.4, -0.2) is 51.9 Å². The van der Waals surface area contributed by atoms with Gasteiger partial charge in [0, 0.05) is 13.6 Å². The summed E-state index contributed by atoms with van der Waals surface area (Å²) in [6.07, 6.45) is 0. The van der Waals surface area contributed by atoms with Crippen molar-refractivity contribution >= 4 is 27.5 Å². The zero-order valence-electron chi connectivity index (χ0n) is 22.7. The average molecular weight is 538 g/mol. The van der Waals surface area contributed by atoms with Crippen LogP contribution in [0, 0.1) is 20.8 Å². The van der Waals surface area contributed by atoms with Crippen LogP contribution in [0.5, 0.6) is 5.75 Å². The molecule has 0 aliphatic heterocycles. The highest BCUT2D eigenvalue weighted by atomic mass is 32.2. The van der Waals surface area contributed by atoms with Crippen LogP contribution in [0.25, 0.3) is 0 Å². The predicted octanol–water partition coefficient (Wildman–Crippen LogP) is 3.98. The van der Waals surface area contributed by atoms with Crippen molar-refractivity contribution < 1.29 is 22.7 Å². The van der Waals surface area contributed by atoms with Gasteiger partial charge in [-0.2, -0.15) is 0 Å². The Labute approximate surface area is 225 Å². The van der Waals surface area contributed by atoms with Crippen LogP contribution < -0.4 is 14.4 Å². The summed E-state index contributed by atoms with van der Waals surface area (Å²) in [5, 5.41) is 2.58. The summed E-state index contributed by atoms with van der Waals surface area (Å²) in [6.45, 7) is 6.85. The second-order valence-corrected chi connectivity index (χ2v) is 11.1. The standard InChI is InChI=1S/C29H35N3O5S/c1-20-10-16-26(17-11-20)38(35,36)32(27-9-7-8-21(2)22(27)3)19-28(33)31(23(4)29(34)30-5)18-24-12-14-25(37-6)15-13-24/h7-17,23H,18-19H2,1-6H3,(H,30,34). The number of rotatable bonds is 10. The minimum absolute atomic E-state index is 0.0814. The van der Waals surface area contributed by atoms with Gasteiger partial charge >= 0.3 is 0 Å². The number of methoxy groups -OCH3 is 1. The molecule has 0 heterocycles. The molecule has 0 fully saturated rings. The molecule has 9 heteroatoms. The van der Waals surface area contributed by atoms with Crippen molar-refractivity contribution in [2.45, 2.75) is 45.2 Å². The maximum absolute atomic E-state index is 13.9. The van der Waals surface area contributed by atoms with E-state index < -0.39 is 28.5 Å². The van der Waals surface area contributed by atoms with E-state index in [0.717, 1.165) is 26.6 Å². The quantitative estimate of drug-likeness (QED) is 0.422. The summed E-state index contributed by atoms with van der Waals surface area (Å²) in [6, 6.07) is 18.2. The number of nitrogens with zero attached hydrogens (tertiary/aromatic N) is 2. The molecule has 3 aromatic rings. The van der Waals surface area contributed by atoms with Gasteiger partial charge in [-0.25, -0.2) is 8.42 Å². The van der Waals surface area contributed by atoms with Gasteiger partial charge in [0.05, 0.1) is 17.7 Å². The zero-order valence-corrected chi connectivity index (χ0v) is 23.5. The van der Waals surface area contributed by atoms with E-state index in [1.165, 1.54) is 24.1 Å². The first-order valence-electron chi connectivity index (χ1n) is 12.3. The Kier molecular flexibility index (Phi) is 9.17. The molecule has 2 amide bonds. The number of nitrogens with one attached hydrogen (secondary N) is 1. The monoisotopic (exact) mass is 537 g/mol. The fourth-order valence-corrected chi connectivity index (χ4v) is 5.55. The van der Waals surface area contributed by atoms with Crippen molar-refractivity contribution in [2.75, 3.05) is 25.0 Å². The number of sulfonamides is 1. The molecule has 1 N–H and O–H groups in total. The SMILES string of the molecule is CNC(=O)C(C)N(Cc1ccc(OC)cc1)C(=O)CN(c1cccc(C)c1C)S(=O)(=O)c1ccc(C)cc1. The molecule has 8 nitrogen and oxygen atoms in total. The molecular weight excluding hydrogens is 502 g/mol. The Balaban J connectivity index is 2.06. The van der Waals surface area contributed by atoms with E-state index in [9.17, 15) is 18.0 Å². The van der Waals surface area contributed by atoms with Crippen molar-refractivity contribution in [3.05, 3.63) is 89.0 Å². The number of ether oxygens (including phenoxy) is 1. The van der Waals surface area contributed by atoms with Crippen LogP contribution >= 0.6 is 0 Å². The van der Waals surface area contributed by atoms with Gasteiger partial charge in [0.25, 0.3) is 10.0 Å². The number of amides is 2. The number of anilines is 1. The minimum atomic E-state index is -4.10. The van der Waals surface area contributed by atoms with E-state index in [2.05, 4.69) is 5.32 Å². The van der Waals surface area contributed by atoms with E-state index >= 15 is 0 Å². The predicted molar refractivity (Wildman–Crippen MR) is 149 cm³/mol. The van der Waals surface area contributed by atoms with Gasteiger partial charge in [0.2, 0.25) is 11.8 Å². The van der Waals surface area contributed by atoms with Crippen LogP contribution in [0.2, 0.25) is 0 Å². The molecule has 3 aromatic carbocycles. The topological polar surface area (TPSA) is 96.0 Å². The molecule has 0 bridgehead atoms. The normalized spacial score (nSPS) is 11.9. The van der Waals surface area contributed by atoms with Crippen molar-refractivity contribution in [3.63, 3.8) is 0 Å². The van der Waals surface area contributed by atoms with Gasteiger partial charge in [-0.1, -0.05) is 42.0 Å². The van der Waals surface area contributed by atoms with Gasteiger partial charge in [-0.05, 0) is 74.7 Å². The fraction of sp³-hybridized carbons (Fsp3) is 0.310. The Bertz CT molecular complexity index is 1390. The summed E-state index contributed by atoms with van der Waals surface area (Å²) in [5.41, 5.74) is 3.75. The maximum atomic E-state index is 13.9. The highest BCUT2D eigenvalue weighted by molar-refractivity contribution is 7.92. The molecular formula is C29H35N3O5S. The highest BCUT2D eigenvalue weighted by Gasteiger charge is 2.33. The maximum Gasteiger partial charge on any atom is 0.264 e. The van der Waals surface area contributed by atoms with Crippen molar-refractivity contribution in [1.29, 1.82) is 0 Å². The molecule has 0 radical (unpaired) electrons. The Morgan fingerprint density at radius 2 is 1.58 bits per heavy atom. The van der Waals surface area contributed by atoms with E-state index in [1.54, 1.807) is 62.6 Å². The molecule has 0 aliphatic carbocycles. The van der Waals surface area contributed by atoms with Crippen LogP contribution in [0.3, 0.4) is 0 Å². The lowest BCUT2D eigenvalue weighted by Gasteiger charge is -2.32. The third-order valence-corrected chi connectivity index (χ3v) is 8.43. The summed E-state index contributed by atoms with van der Waals surface area (Å²) in [4.78, 5) is 27.9. The molecule has 0 aliphatic rings. The third-order valence-electron chi connectivity index (χ3n) is 6.66. The number of likely N-dealkylation sites (N-methyl/N-ethyl adjacent to an activating group) is 1. The van der Waals surface area contributed by atoms with E-state index in [1.807, 2.05) is 26.8 Å². The number of carbonyl (C=O) groups is 2. The Morgan fingerprint density at radius 1 is 0.947 bits per heavy atom. The molecule has 1 atom stereocenters. The highest BCUT2D eigenvalue weighted by Crippen LogP contribution is 2.29. The number of aryl methyl sites for hydroxylation is 2. The zero-order chi connectivity index (χ0) is 28.0. The van der Waals surface area contributed by atoms with E-state index in [0.29, 0.717) is 11.4 Å². The molecule has 1 unspecified atom stereocenters. The van der Waals surface area contributed by atoms with Gasteiger partial charge in [-0.3, -0.25) is 13.9 Å². The number of carbonyl (C=O) groups excluding carboxylic acids is 2. The summed E-state index contributed by atoms with van der Waals surface area (Å²) >= 11 is 0. The number of hydrogen-bond acceptors (Lipinski definition) is 5. The smallest absolute Gasteiger partial charge is 0.264 e. The summed E-state index contributed by atoms with van der Waals surface area (Å²) < 4.78 is 34.2. The van der Waals surface area contributed by atoms with Gasteiger partial charge < -0.3 is 15.0 Å². The first-order chi connectivity index (χ1) is 18.0. The molecule has 0 spiro atoms. The Morgan fingerprint density at radius 3 is 2.16 bits per heavy atom. The van der Waals surface area contributed by atoms with Crippen molar-refractivity contribution in [2.24, 2.45) is 0 Å². The summed E-state index contributed by atoms with van der Waals surface area (Å²) in [5.74, 6) is -0.198. The van der Waals surface area contributed by atoms with Crippen LogP contribution in [0.4, 0.5) is 5.69 Å². The Hall–Kier alpha value is -3.85. The first-order valence-corrected chi connectivity index (χ1v) is 13.7. The van der Waals surface area contributed by atoms with Gasteiger partial charge in [-0.15, -0.1) is 0 Å². The lowest BCUT2D eigenvalue weighted by Crippen LogP contribution is -2.50. The fourth-order valence-electron chi connectivity index (χ4n) is 4.08. The van der Waals surface area contributed by atoms with Gasteiger partial charge in [0.15, 0.2) is 0 Å². The molecule has 0 saturated heterocycles. The van der Waals surface area contributed by atoms with Crippen LogP contribution in [0.15, 0.2) is 71.6 Å². The van der Waals surface area contributed by atoms with Gasteiger partial charge in [0.1, 0.15) is 18.3 Å². The number of hydrogen-bond donors (Lipinski definition) is 1. The van der Waals surface area contributed by atoms with E-state index in [-0.39, 0.29) is 17.3 Å². The first kappa shape index (κ1) is 28.7. The number of benzene rings is 3. The van der Waals surface area contributed by atoms with Crippen molar-refractivity contribution in [3.8, 4) is 5.75 Å². The summed E-state index contributed by atoms with van der Waals surface area (Å²) in [7, 11) is -1.04. The van der Waals surface area contributed by atoms with Crippen LogP contribution in [-0.2, 0) is 26.2 Å². The second kappa shape index (κ2) is 12.1. The lowest BCUT2D eigenvalue weighted by molar-refractivity contribution is -0.139. The molecule has 202 valence electrons. The molecule has 0 saturated carbocycles. The third kappa shape index (κ3) is 6.34. The van der Waals surface area contributed by atoms with Crippen LogP contribution in [0.1, 0.15) is 29.2 Å². The van der Waals surface area contributed by atoms with Crippen molar-refractivity contribution in [1.82, 2.24) is 10.2 Å².